The van der Waals surface area contributed by atoms with E-state index in [2.05, 4.69) is 15.9 Å². The molecule has 0 bridgehead atoms. The number of rotatable bonds is 5. The molecule has 1 amide bonds. The first kappa shape index (κ1) is 13.8. The zero-order valence-electron chi connectivity index (χ0n) is 9.76. The van der Waals surface area contributed by atoms with Crippen molar-refractivity contribution < 1.29 is 14.3 Å². The van der Waals surface area contributed by atoms with E-state index in [0.717, 1.165) is 4.47 Å². The molecule has 0 unspecified atom stereocenters. The molecular weight excluding hydrogens is 330 g/mol. The standard InChI is InChI=1S/C13H10BrNO3S/c14-10-4-5-19-12(10)11(16)7-18-9-3-1-2-8(6-9)13(15)17/h1-6H,7H2,(H2,15,17). The van der Waals surface area contributed by atoms with Crippen LogP contribution in [0.25, 0.3) is 0 Å². The monoisotopic (exact) mass is 339 g/mol. The summed E-state index contributed by atoms with van der Waals surface area (Å²) < 4.78 is 6.13. The van der Waals surface area contributed by atoms with Crippen LogP contribution in [0.15, 0.2) is 40.2 Å². The molecule has 2 aromatic rings. The van der Waals surface area contributed by atoms with Crippen molar-refractivity contribution in [2.45, 2.75) is 0 Å². The second-order valence-electron chi connectivity index (χ2n) is 3.70. The number of amides is 1. The molecule has 1 aromatic carbocycles. The Morgan fingerprint density at radius 1 is 1.32 bits per heavy atom. The maximum absolute atomic E-state index is 11.9. The zero-order chi connectivity index (χ0) is 13.8. The van der Waals surface area contributed by atoms with Crippen LogP contribution >= 0.6 is 27.3 Å². The Morgan fingerprint density at radius 2 is 2.11 bits per heavy atom. The Morgan fingerprint density at radius 3 is 2.74 bits per heavy atom. The molecule has 2 N–H and O–H groups in total. The number of nitrogens with two attached hydrogens (primary N) is 1. The largest absolute Gasteiger partial charge is 0.485 e. The SMILES string of the molecule is NC(=O)c1cccc(OCC(=O)c2sccc2Br)c1. The van der Waals surface area contributed by atoms with Gasteiger partial charge in [0.25, 0.3) is 0 Å². The highest BCUT2D eigenvalue weighted by atomic mass is 79.9. The van der Waals surface area contributed by atoms with Crippen LogP contribution in [0.1, 0.15) is 20.0 Å². The van der Waals surface area contributed by atoms with Crippen molar-refractivity contribution in [3.8, 4) is 5.75 Å². The molecule has 98 valence electrons. The highest BCUT2D eigenvalue weighted by molar-refractivity contribution is 9.10. The number of thiophene rings is 1. The number of halogens is 1. The number of carbonyl (C=O) groups excluding carboxylic acids is 2. The number of hydrogen-bond acceptors (Lipinski definition) is 4. The van der Waals surface area contributed by atoms with Gasteiger partial charge in [0.1, 0.15) is 5.75 Å². The molecule has 0 aliphatic rings. The topological polar surface area (TPSA) is 69.4 Å². The van der Waals surface area contributed by atoms with Crippen LogP contribution in [0, 0.1) is 0 Å². The lowest BCUT2D eigenvalue weighted by Crippen LogP contribution is -2.13. The fraction of sp³-hybridized carbons (Fsp3) is 0.0769. The molecule has 0 fully saturated rings. The van der Waals surface area contributed by atoms with Gasteiger partial charge in [-0.05, 0) is 45.6 Å². The van der Waals surface area contributed by atoms with Crippen molar-refractivity contribution in [3.63, 3.8) is 0 Å². The van der Waals surface area contributed by atoms with Gasteiger partial charge in [-0.1, -0.05) is 6.07 Å². The minimum atomic E-state index is -0.530. The van der Waals surface area contributed by atoms with Crippen molar-refractivity contribution in [2.24, 2.45) is 5.73 Å². The maximum atomic E-state index is 11.9. The van der Waals surface area contributed by atoms with Gasteiger partial charge in [-0.2, -0.15) is 0 Å². The average Bonchev–Trinajstić information content (AvgIpc) is 2.82. The molecule has 19 heavy (non-hydrogen) atoms. The van der Waals surface area contributed by atoms with Gasteiger partial charge in [0.05, 0.1) is 4.88 Å². The molecule has 0 atom stereocenters. The van der Waals surface area contributed by atoms with E-state index in [9.17, 15) is 9.59 Å². The molecule has 0 aliphatic heterocycles. The van der Waals surface area contributed by atoms with Crippen molar-refractivity contribution >= 4 is 39.0 Å². The van der Waals surface area contributed by atoms with Gasteiger partial charge >= 0.3 is 0 Å². The number of benzene rings is 1. The number of Topliss-reactive ketones (excluding diaryl/α,β-unsaturated/α-hetero) is 1. The molecule has 6 heteroatoms. The Labute approximate surface area is 122 Å². The first-order valence-electron chi connectivity index (χ1n) is 5.37. The maximum Gasteiger partial charge on any atom is 0.248 e. The number of primary amides is 1. The predicted octanol–water partition coefficient (Wildman–Crippen LogP) is 2.87. The van der Waals surface area contributed by atoms with Crippen LogP contribution < -0.4 is 10.5 Å². The summed E-state index contributed by atoms with van der Waals surface area (Å²) in [6.07, 6.45) is 0. The molecule has 2 rings (SSSR count). The Kier molecular flexibility index (Phi) is 4.34. The van der Waals surface area contributed by atoms with Gasteiger partial charge in [-0.15, -0.1) is 11.3 Å². The summed E-state index contributed by atoms with van der Waals surface area (Å²) in [5, 5.41) is 1.82. The summed E-state index contributed by atoms with van der Waals surface area (Å²) in [6.45, 7) is -0.0820. The molecule has 0 saturated carbocycles. The Bertz CT molecular complexity index is 624. The van der Waals surface area contributed by atoms with E-state index in [1.54, 1.807) is 18.2 Å². The smallest absolute Gasteiger partial charge is 0.248 e. The van der Waals surface area contributed by atoms with Crippen molar-refractivity contribution in [2.75, 3.05) is 6.61 Å². The average molecular weight is 340 g/mol. The molecule has 0 aliphatic carbocycles. The normalized spacial score (nSPS) is 10.2. The molecule has 1 aromatic heterocycles. The molecule has 0 spiro atoms. The third-order valence-electron chi connectivity index (χ3n) is 2.36. The molecule has 0 radical (unpaired) electrons. The van der Waals surface area contributed by atoms with Crippen LogP contribution in [-0.2, 0) is 0 Å². The van der Waals surface area contributed by atoms with E-state index < -0.39 is 5.91 Å². The minimum Gasteiger partial charge on any atom is -0.485 e. The highest BCUT2D eigenvalue weighted by Gasteiger charge is 2.12. The van der Waals surface area contributed by atoms with Crippen LogP contribution in [0.2, 0.25) is 0 Å². The third-order valence-corrected chi connectivity index (χ3v) is 4.24. The van der Waals surface area contributed by atoms with Gasteiger partial charge in [0, 0.05) is 10.0 Å². The zero-order valence-corrected chi connectivity index (χ0v) is 12.2. The Hall–Kier alpha value is -1.66. The third kappa shape index (κ3) is 3.42. The summed E-state index contributed by atoms with van der Waals surface area (Å²) in [4.78, 5) is 23.5. The first-order valence-corrected chi connectivity index (χ1v) is 7.04. The fourth-order valence-corrected chi connectivity index (χ4v) is 2.97. The lowest BCUT2D eigenvalue weighted by molar-refractivity contribution is 0.0925. The number of ether oxygens (including phenoxy) is 1. The van der Waals surface area contributed by atoms with Gasteiger partial charge in [0.15, 0.2) is 6.61 Å². The molecular formula is C13H10BrNO3S. The van der Waals surface area contributed by atoms with E-state index in [-0.39, 0.29) is 12.4 Å². The number of hydrogen-bond donors (Lipinski definition) is 1. The van der Waals surface area contributed by atoms with E-state index >= 15 is 0 Å². The molecule has 0 saturated heterocycles. The quantitative estimate of drug-likeness (QED) is 0.851. The minimum absolute atomic E-state index is 0.0820. The first-order chi connectivity index (χ1) is 9.08. The van der Waals surface area contributed by atoms with E-state index in [0.29, 0.717) is 16.2 Å². The molecule has 1 heterocycles. The van der Waals surface area contributed by atoms with E-state index in [4.69, 9.17) is 10.5 Å². The van der Waals surface area contributed by atoms with Crippen LogP contribution in [0.3, 0.4) is 0 Å². The highest BCUT2D eigenvalue weighted by Crippen LogP contribution is 2.23. The Balaban J connectivity index is 2.03. The van der Waals surface area contributed by atoms with Crippen LogP contribution in [-0.4, -0.2) is 18.3 Å². The van der Waals surface area contributed by atoms with Gasteiger partial charge < -0.3 is 10.5 Å². The summed E-state index contributed by atoms with van der Waals surface area (Å²) in [5.41, 5.74) is 5.52. The number of carbonyl (C=O) groups is 2. The van der Waals surface area contributed by atoms with Crippen LogP contribution in [0.4, 0.5) is 0 Å². The van der Waals surface area contributed by atoms with E-state index in [1.165, 1.54) is 17.4 Å². The van der Waals surface area contributed by atoms with Gasteiger partial charge in [-0.25, -0.2) is 0 Å². The second-order valence-corrected chi connectivity index (χ2v) is 5.47. The predicted molar refractivity (Wildman–Crippen MR) is 76.8 cm³/mol. The summed E-state index contributed by atoms with van der Waals surface area (Å²) in [7, 11) is 0. The molecule has 4 nitrogen and oxygen atoms in total. The second kappa shape index (κ2) is 5.99. The van der Waals surface area contributed by atoms with Gasteiger partial charge in [-0.3, -0.25) is 9.59 Å². The van der Waals surface area contributed by atoms with Crippen molar-refractivity contribution in [3.05, 3.63) is 50.6 Å². The van der Waals surface area contributed by atoms with Crippen molar-refractivity contribution in [1.29, 1.82) is 0 Å². The van der Waals surface area contributed by atoms with E-state index in [1.807, 2.05) is 11.4 Å². The summed E-state index contributed by atoms with van der Waals surface area (Å²) in [5.74, 6) is -0.207. The fourth-order valence-electron chi connectivity index (χ4n) is 1.45. The van der Waals surface area contributed by atoms with Crippen molar-refractivity contribution in [1.82, 2.24) is 0 Å². The number of ketones is 1. The summed E-state index contributed by atoms with van der Waals surface area (Å²) in [6, 6.07) is 8.24. The van der Waals surface area contributed by atoms with Crippen LogP contribution in [0.5, 0.6) is 5.75 Å². The summed E-state index contributed by atoms with van der Waals surface area (Å²) >= 11 is 4.65. The lowest BCUT2D eigenvalue weighted by atomic mass is 10.2. The lowest BCUT2D eigenvalue weighted by Gasteiger charge is -2.05. The van der Waals surface area contributed by atoms with Gasteiger partial charge in [0.2, 0.25) is 11.7 Å².